The molecule has 0 radical (unpaired) electrons. The van der Waals surface area contributed by atoms with Crippen molar-refractivity contribution in [2.45, 2.75) is 52.1 Å². The minimum atomic E-state index is -0.0481. The summed E-state index contributed by atoms with van der Waals surface area (Å²) in [7, 11) is 0. The second-order valence-electron chi connectivity index (χ2n) is 6.13. The van der Waals surface area contributed by atoms with Crippen molar-refractivity contribution in [3.63, 3.8) is 0 Å². The Morgan fingerprint density at radius 3 is 2.83 bits per heavy atom. The Labute approximate surface area is 143 Å². The molecule has 128 valence electrons. The first kappa shape index (κ1) is 18.1. The molecule has 1 unspecified atom stereocenters. The molecule has 0 aliphatic carbocycles. The molecule has 1 amide bonds. The lowest BCUT2D eigenvalue weighted by Gasteiger charge is -2.15. The smallest absolute Gasteiger partial charge is 0.237 e. The highest BCUT2D eigenvalue weighted by Crippen LogP contribution is 2.26. The Hall–Kier alpha value is -1.26. The van der Waals surface area contributed by atoms with Crippen molar-refractivity contribution in [2.24, 2.45) is 5.92 Å². The van der Waals surface area contributed by atoms with Crippen LogP contribution in [0.15, 0.2) is 18.2 Å². The van der Waals surface area contributed by atoms with Gasteiger partial charge in [-0.15, -0.1) is 0 Å². The summed E-state index contributed by atoms with van der Waals surface area (Å²) in [4.78, 5) is 12.0. The van der Waals surface area contributed by atoms with Gasteiger partial charge in [0.05, 0.1) is 17.7 Å². The number of hydrogen-bond acceptors (Lipinski definition) is 3. The third-order valence-electron chi connectivity index (χ3n) is 4.47. The van der Waals surface area contributed by atoms with E-state index in [1.54, 1.807) is 0 Å². The zero-order chi connectivity index (χ0) is 16.7. The molecule has 1 aromatic rings. The van der Waals surface area contributed by atoms with Gasteiger partial charge >= 0.3 is 0 Å². The van der Waals surface area contributed by atoms with Crippen molar-refractivity contribution in [3.05, 3.63) is 28.8 Å². The highest BCUT2D eigenvalue weighted by atomic mass is 35.5. The summed E-state index contributed by atoms with van der Waals surface area (Å²) in [6.07, 6.45) is 4.18. The van der Waals surface area contributed by atoms with Gasteiger partial charge in [-0.1, -0.05) is 44.4 Å². The summed E-state index contributed by atoms with van der Waals surface area (Å²) >= 11 is 6.29. The lowest BCUT2D eigenvalue weighted by Crippen LogP contribution is -2.39. The third kappa shape index (κ3) is 5.40. The average molecular weight is 339 g/mol. The predicted molar refractivity (Wildman–Crippen MR) is 93.9 cm³/mol. The molecule has 1 aliphatic rings. The van der Waals surface area contributed by atoms with Crippen molar-refractivity contribution < 1.29 is 9.53 Å². The molecule has 2 rings (SSSR count). The number of ether oxygens (including phenoxy) is 1. The summed E-state index contributed by atoms with van der Waals surface area (Å²) in [6, 6.07) is 5.66. The Balaban J connectivity index is 1.84. The van der Waals surface area contributed by atoms with Crippen LogP contribution in [-0.2, 0) is 11.3 Å². The van der Waals surface area contributed by atoms with E-state index in [1.807, 2.05) is 18.2 Å². The number of rotatable bonds is 8. The molecule has 2 N–H and O–H groups in total. The SMILES string of the molecule is CCC(CC)COc1ccc(CNC(=O)C2CCCN2)cc1Cl. The predicted octanol–water partition coefficient (Wildman–Crippen LogP) is 3.52. The number of benzene rings is 1. The highest BCUT2D eigenvalue weighted by molar-refractivity contribution is 6.32. The minimum Gasteiger partial charge on any atom is -0.492 e. The molecule has 23 heavy (non-hydrogen) atoms. The van der Waals surface area contributed by atoms with Crippen molar-refractivity contribution >= 4 is 17.5 Å². The molecule has 0 aromatic heterocycles. The van der Waals surface area contributed by atoms with Gasteiger partial charge in [0, 0.05) is 6.54 Å². The van der Waals surface area contributed by atoms with E-state index in [9.17, 15) is 4.79 Å². The van der Waals surface area contributed by atoms with Gasteiger partial charge in [0.2, 0.25) is 5.91 Å². The zero-order valence-electron chi connectivity index (χ0n) is 14.0. The Kier molecular flexibility index (Phi) is 7.18. The van der Waals surface area contributed by atoms with Gasteiger partial charge in [-0.05, 0) is 43.0 Å². The summed E-state index contributed by atoms with van der Waals surface area (Å²) < 4.78 is 5.81. The summed E-state index contributed by atoms with van der Waals surface area (Å²) in [6.45, 7) is 6.44. The molecule has 1 atom stereocenters. The van der Waals surface area contributed by atoms with Gasteiger partial charge in [-0.2, -0.15) is 0 Å². The van der Waals surface area contributed by atoms with Crippen molar-refractivity contribution in [1.82, 2.24) is 10.6 Å². The molecule has 1 fully saturated rings. The number of halogens is 1. The largest absolute Gasteiger partial charge is 0.492 e. The lowest BCUT2D eigenvalue weighted by molar-refractivity contribution is -0.122. The van der Waals surface area contributed by atoms with Gasteiger partial charge in [0.15, 0.2) is 0 Å². The fourth-order valence-corrected chi connectivity index (χ4v) is 2.98. The molecular formula is C18H27ClN2O2. The van der Waals surface area contributed by atoms with Crippen LogP contribution in [0.4, 0.5) is 0 Å². The fourth-order valence-electron chi connectivity index (χ4n) is 2.72. The first-order chi connectivity index (χ1) is 11.1. The first-order valence-corrected chi connectivity index (χ1v) is 8.94. The molecule has 1 saturated heterocycles. The van der Waals surface area contributed by atoms with E-state index < -0.39 is 0 Å². The zero-order valence-corrected chi connectivity index (χ0v) is 14.8. The number of amides is 1. The molecule has 0 bridgehead atoms. The van der Waals surface area contributed by atoms with Gasteiger partial charge < -0.3 is 15.4 Å². The standard InChI is InChI=1S/C18H27ClN2O2/c1-3-13(4-2)12-23-17-8-7-14(10-15(17)19)11-21-18(22)16-6-5-9-20-16/h7-8,10,13,16,20H,3-6,9,11-12H2,1-2H3,(H,21,22). The molecule has 1 heterocycles. The van der Waals surface area contributed by atoms with Crippen LogP contribution in [0.5, 0.6) is 5.75 Å². The second-order valence-corrected chi connectivity index (χ2v) is 6.53. The van der Waals surface area contributed by atoms with E-state index >= 15 is 0 Å². The van der Waals surface area contributed by atoms with E-state index in [-0.39, 0.29) is 11.9 Å². The maximum Gasteiger partial charge on any atom is 0.237 e. The Morgan fingerprint density at radius 1 is 1.43 bits per heavy atom. The van der Waals surface area contributed by atoms with Crippen LogP contribution in [0.25, 0.3) is 0 Å². The third-order valence-corrected chi connectivity index (χ3v) is 4.76. The van der Waals surface area contributed by atoms with E-state index in [2.05, 4.69) is 24.5 Å². The van der Waals surface area contributed by atoms with Crippen molar-refractivity contribution in [2.75, 3.05) is 13.2 Å². The quantitative estimate of drug-likeness (QED) is 0.762. The van der Waals surface area contributed by atoms with Crippen LogP contribution in [0.1, 0.15) is 45.1 Å². The Bertz CT molecular complexity index is 512. The molecule has 1 aliphatic heterocycles. The normalized spacial score (nSPS) is 17.5. The number of carbonyl (C=O) groups excluding carboxylic acids is 1. The van der Waals surface area contributed by atoms with Crippen LogP contribution in [0.3, 0.4) is 0 Å². The molecular weight excluding hydrogens is 312 g/mol. The molecule has 0 spiro atoms. The topological polar surface area (TPSA) is 50.4 Å². The average Bonchev–Trinajstić information content (AvgIpc) is 3.09. The van der Waals surface area contributed by atoms with Gasteiger partial charge in [0.1, 0.15) is 5.75 Å². The lowest BCUT2D eigenvalue weighted by atomic mass is 10.1. The number of nitrogens with one attached hydrogen (secondary N) is 2. The van der Waals surface area contributed by atoms with Crippen LogP contribution < -0.4 is 15.4 Å². The van der Waals surface area contributed by atoms with Crippen LogP contribution in [-0.4, -0.2) is 25.1 Å². The van der Waals surface area contributed by atoms with Crippen molar-refractivity contribution in [1.29, 1.82) is 0 Å². The first-order valence-electron chi connectivity index (χ1n) is 8.56. The van der Waals surface area contributed by atoms with Crippen LogP contribution >= 0.6 is 11.6 Å². The summed E-state index contributed by atoms with van der Waals surface area (Å²) in [5.74, 6) is 1.34. The maximum atomic E-state index is 12.0. The van der Waals surface area contributed by atoms with Gasteiger partial charge in [0.25, 0.3) is 0 Å². The molecule has 4 nitrogen and oxygen atoms in total. The van der Waals surface area contributed by atoms with Crippen molar-refractivity contribution in [3.8, 4) is 5.75 Å². The van der Waals surface area contributed by atoms with E-state index in [1.165, 1.54) is 0 Å². The number of carbonyl (C=O) groups is 1. The minimum absolute atomic E-state index is 0.0481. The van der Waals surface area contributed by atoms with Crippen LogP contribution in [0.2, 0.25) is 5.02 Å². The summed E-state index contributed by atoms with van der Waals surface area (Å²) in [5.41, 5.74) is 0.983. The number of hydrogen-bond donors (Lipinski definition) is 2. The Morgan fingerprint density at radius 2 is 2.22 bits per heavy atom. The van der Waals surface area contributed by atoms with Crippen LogP contribution in [0, 0.1) is 5.92 Å². The van der Waals surface area contributed by atoms with E-state index in [0.717, 1.165) is 37.8 Å². The maximum absolute atomic E-state index is 12.0. The van der Waals surface area contributed by atoms with E-state index in [4.69, 9.17) is 16.3 Å². The second kappa shape index (κ2) is 9.14. The highest BCUT2D eigenvalue weighted by Gasteiger charge is 2.21. The molecule has 0 saturated carbocycles. The molecule has 5 heteroatoms. The monoisotopic (exact) mass is 338 g/mol. The van der Waals surface area contributed by atoms with E-state index in [0.29, 0.717) is 29.8 Å². The van der Waals surface area contributed by atoms with Gasteiger partial charge in [-0.25, -0.2) is 0 Å². The summed E-state index contributed by atoms with van der Waals surface area (Å²) in [5, 5.41) is 6.75. The fraction of sp³-hybridized carbons (Fsp3) is 0.611. The van der Waals surface area contributed by atoms with Gasteiger partial charge in [-0.3, -0.25) is 4.79 Å². The molecule has 1 aromatic carbocycles.